The summed E-state index contributed by atoms with van der Waals surface area (Å²) >= 11 is 0. The van der Waals surface area contributed by atoms with Gasteiger partial charge in [0.25, 0.3) is 0 Å². The van der Waals surface area contributed by atoms with Crippen LogP contribution in [0.5, 0.6) is 0 Å². The fraction of sp³-hybridized carbons (Fsp3) is 0.0435. The van der Waals surface area contributed by atoms with E-state index in [9.17, 15) is 4.39 Å². The Bertz CT molecular complexity index is 999. The molecule has 1 aromatic heterocycles. The van der Waals surface area contributed by atoms with Crippen LogP contribution in [0.4, 0.5) is 4.39 Å². The van der Waals surface area contributed by atoms with Gasteiger partial charge in [-0.3, -0.25) is 0 Å². The Morgan fingerprint density at radius 1 is 0.800 bits per heavy atom. The van der Waals surface area contributed by atoms with Gasteiger partial charge >= 0.3 is 0 Å². The normalized spacial score (nSPS) is 10.8. The van der Waals surface area contributed by atoms with Crippen LogP contribution < -0.4 is 0 Å². The lowest BCUT2D eigenvalue weighted by atomic mass is 9.95. The minimum absolute atomic E-state index is 0.232. The molecule has 121 valence electrons. The van der Waals surface area contributed by atoms with Crippen LogP contribution in [0.15, 0.2) is 83.5 Å². The van der Waals surface area contributed by atoms with Crippen molar-refractivity contribution in [1.82, 2.24) is 0 Å². The second kappa shape index (κ2) is 6.40. The van der Waals surface area contributed by atoms with E-state index >= 15 is 0 Å². The van der Waals surface area contributed by atoms with Crippen LogP contribution in [0.25, 0.3) is 33.6 Å². The lowest BCUT2D eigenvalue weighted by molar-refractivity contribution is 0.582. The Labute approximate surface area is 146 Å². The first-order chi connectivity index (χ1) is 12.2. The maximum atomic E-state index is 13.1. The fourth-order valence-electron chi connectivity index (χ4n) is 2.99. The smallest absolute Gasteiger partial charge is 0.133 e. The highest BCUT2D eigenvalue weighted by atomic mass is 19.1. The first-order valence-corrected chi connectivity index (χ1v) is 8.14. The van der Waals surface area contributed by atoms with E-state index in [-0.39, 0.29) is 5.82 Å². The van der Waals surface area contributed by atoms with E-state index in [1.807, 2.05) is 30.3 Å². The van der Waals surface area contributed by atoms with E-state index in [1.54, 1.807) is 18.4 Å². The van der Waals surface area contributed by atoms with Crippen LogP contribution in [0.2, 0.25) is 0 Å². The van der Waals surface area contributed by atoms with Gasteiger partial charge in [0.15, 0.2) is 0 Å². The van der Waals surface area contributed by atoms with Crippen LogP contribution in [-0.4, -0.2) is 0 Å². The van der Waals surface area contributed by atoms with E-state index < -0.39 is 0 Å². The SMILES string of the molecule is Cc1cc(-c2ccco2)ccc1-c1[c]c(-c2ccc(F)cc2)ccc1. The van der Waals surface area contributed by atoms with Crippen molar-refractivity contribution in [3.8, 4) is 33.6 Å². The molecule has 2 heteroatoms. The van der Waals surface area contributed by atoms with E-state index in [0.717, 1.165) is 39.1 Å². The Kier molecular flexibility index (Phi) is 3.95. The highest BCUT2D eigenvalue weighted by Crippen LogP contribution is 2.31. The number of benzene rings is 3. The molecule has 0 atom stereocenters. The first kappa shape index (κ1) is 15.4. The number of aryl methyl sites for hydroxylation is 1. The van der Waals surface area contributed by atoms with Crippen molar-refractivity contribution >= 4 is 0 Å². The van der Waals surface area contributed by atoms with Crippen molar-refractivity contribution in [2.75, 3.05) is 0 Å². The molecule has 1 heterocycles. The highest BCUT2D eigenvalue weighted by Gasteiger charge is 2.08. The summed E-state index contributed by atoms with van der Waals surface area (Å²) < 4.78 is 18.6. The predicted octanol–water partition coefficient (Wildman–Crippen LogP) is 6.53. The summed E-state index contributed by atoms with van der Waals surface area (Å²) in [7, 11) is 0. The maximum absolute atomic E-state index is 13.1. The third-order valence-electron chi connectivity index (χ3n) is 4.27. The molecule has 25 heavy (non-hydrogen) atoms. The topological polar surface area (TPSA) is 13.1 Å². The van der Waals surface area contributed by atoms with Gasteiger partial charge in [-0.1, -0.05) is 42.5 Å². The van der Waals surface area contributed by atoms with Crippen molar-refractivity contribution < 1.29 is 8.81 Å². The average Bonchev–Trinajstić information content (AvgIpc) is 3.17. The molecule has 4 rings (SSSR count). The molecule has 0 amide bonds. The van der Waals surface area contributed by atoms with Gasteiger partial charge in [-0.25, -0.2) is 4.39 Å². The molecule has 0 aliphatic rings. The molecule has 0 unspecified atom stereocenters. The molecular weight excluding hydrogens is 311 g/mol. The lowest BCUT2D eigenvalue weighted by Crippen LogP contribution is -1.87. The molecule has 3 aromatic carbocycles. The summed E-state index contributed by atoms with van der Waals surface area (Å²) in [6, 6.07) is 26.1. The molecule has 1 radical (unpaired) electrons. The Morgan fingerprint density at radius 2 is 1.56 bits per heavy atom. The summed E-state index contributed by atoms with van der Waals surface area (Å²) in [5, 5.41) is 0. The van der Waals surface area contributed by atoms with E-state index in [4.69, 9.17) is 4.42 Å². The van der Waals surface area contributed by atoms with Crippen molar-refractivity contribution in [3.05, 3.63) is 96.5 Å². The molecule has 0 aliphatic carbocycles. The number of furan rings is 1. The zero-order valence-corrected chi connectivity index (χ0v) is 13.8. The summed E-state index contributed by atoms with van der Waals surface area (Å²) in [4.78, 5) is 0. The van der Waals surface area contributed by atoms with E-state index in [2.05, 4.69) is 31.2 Å². The zero-order valence-electron chi connectivity index (χ0n) is 13.8. The van der Waals surface area contributed by atoms with Crippen molar-refractivity contribution in [2.24, 2.45) is 0 Å². The number of rotatable bonds is 3. The standard InChI is InChI=1S/C23H16FO/c1-16-14-20(23-6-3-13-25-23)9-12-22(16)19-5-2-4-18(15-19)17-7-10-21(24)11-8-17/h2-14H,1H3. The lowest BCUT2D eigenvalue weighted by Gasteiger charge is -2.10. The second-order valence-electron chi connectivity index (χ2n) is 5.99. The van der Waals surface area contributed by atoms with Gasteiger partial charge in [-0.15, -0.1) is 0 Å². The molecule has 1 nitrogen and oxygen atoms in total. The van der Waals surface area contributed by atoms with E-state index in [0.29, 0.717) is 0 Å². The van der Waals surface area contributed by atoms with Gasteiger partial charge in [0.2, 0.25) is 0 Å². The van der Waals surface area contributed by atoms with Crippen LogP contribution in [0.3, 0.4) is 0 Å². The number of hydrogen-bond donors (Lipinski definition) is 0. The Balaban J connectivity index is 1.72. The van der Waals surface area contributed by atoms with Gasteiger partial charge < -0.3 is 4.42 Å². The van der Waals surface area contributed by atoms with Crippen LogP contribution >= 0.6 is 0 Å². The zero-order chi connectivity index (χ0) is 17.2. The van der Waals surface area contributed by atoms with Crippen LogP contribution in [0, 0.1) is 18.8 Å². The minimum atomic E-state index is -0.232. The third kappa shape index (κ3) is 3.11. The molecule has 0 spiro atoms. The highest BCUT2D eigenvalue weighted by molar-refractivity contribution is 5.76. The van der Waals surface area contributed by atoms with Gasteiger partial charge in [0.1, 0.15) is 11.6 Å². The average molecular weight is 327 g/mol. The maximum Gasteiger partial charge on any atom is 0.133 e. The molecule has 0 saturated heterocycles. The fourth-order valence-corrected chi connectivity index (χ4v) is 2.99. The summed E-state index contributed by atoms with van der Waals surface area (Å²) in [5.74, 6) is 0.628. The molecule has 4 aromatic rings. The minimum Gasteiger partial charge on any atom is -0.464 e. The number of halogens is 1. The Morgan fingerprint density at radius 3 is 2.28 bits per heavy atom. The molecule has 0 bridgehead atoms. The molecule has 0 fully saturated rings. The van der Waals surface area contributed by atoms with E-state index in [1.165, 1.54) is 12.1 Å². The Hall–Kier alpha value is -3.13. The van der Waals surface area contributed by atoms with Crippen LogP contribution in [0.1, 0.15) is 5.56 Å². The second-order valence-corrected chi connectivity index (χ2v) is 5.99. The van der Waals surface area contributed by atoms with Crippen molar-refractivity contribution in [3.63, 3.8) is 0 Å². The van der Waals surface area contributed by atoms with Crippen LogP contribution in [-0.2, 0) is 0 Å². The molecule has 0 saturated carbocycles. The molecular formula is C23H16FO. The summed E-state index contributed by atoms with van der Waals surface area (Å²) in [6.45, 7) is 2.08. The molecule has 0 N–H and O–H groups in total. The van der Waals surface area contributed by atoms with Crippen molar-refractivity contribution in [2.45, 2.75) is 6.92 Å². The van der Waals surface area contributed by atoms with Crippen molar-refractivity contribution in [1.29, 1.82) is 0 Å². The largest absolute Gasteiger partial charge is 0.464 e. The quantitative estimate of drug-likeness (QED) is 0.417. The predicted molar refractivity (Wildman–Crippen MR) is 98.5 cm³/mol. The van der Waals surface area contributed by atoms with Gasteiger partial charge in [0, 0.05) is 5.56 Å². The summed E-state index contributed by atoms with van der Waals surface area (Å²) in [6.07, 6.45) is 1.68. The molecule has 0 aliphatic heterocycles. The summed E-state index contributed by atoms with van der Waals surface area (Å²) in [5.41, 5.74) is 6.26. The third-order valence-corrected chi connectivity index (χ3v) is 4.27. The van der Waals surface area contributed by atoms with Gasteiger partial charge in [-0.05, 0) is 71.1 Å². The van der Waals surface area contributed by atoms with Gasteiger partial charge in [0.05, 0.1) is 6.26 Å². The van der Waals surface area contributed by atoms with Gasteiger partial charge in [-0.2, -0.15) is 0 Å². The monoisotopic (exact) mass is 327 g/mol. The number of hydrogen-bond acceptors (Lipinski definition) is 1. The first-order valence-electron chi connectivity index (χ1n) is 8.14.